The summed E-state index contributed by atoms with van der Waals surface area (Å²) in [5.74, 6) is 0.0216. The number of nitrogen functional groups attached to an aromatic ring is 3. The molecule has 8 N–H and O–H groups in total. The van der Waals surface area contributed by atoms with E-state index in [0.29, 0.717) is 23.5 Å². The highest BCUT2D eigenvalue weighted by Gasteiger charge is 2.16. The first kappa shape index (κ1) is 26.1. The molecule has 2 heterocycles. The molecule has 0 bridgehead atoms. The highest BCUT2D eigenvalue weighted by atomic mass is 16.3. The minimum absolute atomic E-state index is 0.162. The van der Waals surface area contributed by atoms with Crippen molar-refractivity contribution in [2.45, 2.75) is 0 Å². The summed E-state index contributed by atoms with van der Waals surface area (Å²) >= 11 is 0. The van der Waals surface area contributed by atoms with Gasteiger partial charge in [0.25, 0.3) is 5.91 Å². The normalized spacial score (nSPS) is 9.73. The smallest absolute Gasteiger partial charge is 0.259 e. The Balaban J connectivity index is 0.000000194. The molecule has 0 aliphatic carbocycles. The van der Waals surface area contributed by atoms with Crippen LogP contribution in [0.25, 0.3) is 10.8 Å². The third kappa shape index (κ3) is 7.23. The van der Waals surface area contributed by atoms with E-state index in [1.165, 1.54) is 0 Å². The lowest BCUT2D eigenvalue weighted by Crippen LogP contribution is -2.12. The molecule has 0 spiro atoms. The Bertz CT molecular complexity index is 1480. The number of hydrogen-bond acceptors (Lipinski definition) is 9. The fraction of sp³-hybridized carbons (Fsp3) is 0. The quantitative estimate of drug-likeness (QED) is 0.141. The van der Waals surface area contributed by atoms with Crippen molar-refractivity contribution in [3.8, 4) is 5.75 Å². The molecule has 0 atom stereocenters. The van der Waals surface area contributed by atoms with Crippen LogP contribution in [0.2, 0.25) is 0 Å². The highest BCUT2D eigenvalue weighted by molar-refractivity contribution is 6.11. The molecular formula is C27H25N7O3. The van der Waals surface area contributed by atoms with Crippen molar-refractivity contribution < 1.29 is 14.7 Å². The van der Waals surface area contributed by atoms with Crippen molar-refractivity contribution in [3.05, 3.63) is 109 Å². The molecule has 0 aliphatic rings. The Morgan fingerprint density at radius 1 is 0.811 bits per heavy atom. The molecule has 186 valence electrons. The molecule has 1 amide bonds. The van der Waals surface area contributed by atoms with Crippen LogP contribution in [0.15, 0.2) is 97.5 Å². The van der Waals surface area contributed by atoms with E-state index in [2.05, 4.69) is 20.3 Å². The van der Waals surface area contributed by atoms with E-state index in [0.717, 1.165) is 10.8 Å². The first-order valence-corrected chi connectivity index (χ1v) is 11.0. The number of anilines is 4. The third-order valence-electron chi connectivity index (χ3n) is 4.92. The number of aromatic nitrogens is 3. The van der Waals surface area contributed by atoms with Crippen molar-refractivity contribution in [1.82, 2.24) is 15.0 Å². The predicted molar refractivity (Wildman–Crippen MR) is 145 cm³/mol. The summed E-state index contributed by atoms with van der Waals surface area (Å²) in [7, 11) is 0. The third-order valence-corrected chi connectivity index (χ3v) is 4.92. The van der Waals surface area contributed by atoms with Gasteiger partial charge in [-0.05, 0) is 41.8 Å². The zero-order chi connectivity index (χ0) is 26.6. The molecule has 5 aromatic rings. The number of nitrogens with one attached hydrogen (secondary N) is 1. The molecule has 5 rings (SSSR count). The first-order valence-electron chi connectivity index (χ1n) is 11.0. The van der Waals surface area contributed by atoms with Gasteiger partial charge in [-0.25, -0.2) is 15.0 Å². The van der Waals surface area contributed by atoms with Crippen molar-refractivity contribution in [3.63, 3.8) is 0 Å². The summed E-state index contributed by atoms with van der Waals surface area (Å²) in [6, 6.07) is 23.1. The van der Waals surface area contributed by atoms with Gasteiger partial charge in [-0.2, -0.15) is 0 Å². The molecule has 0 saturated heterocycles. The van der Waals surface area contributed by atoms with Crippen molar-refractivity contribution in [2.24, 2.45) is 0 Å². The SMILES string of the molecule is Nc1c(O)c(C(=O)Nc2ccccc2)cc2ccccc12.Nc1ncccc1C=O.Nc1ncccn1. The molecule has 0 unspecified atom stereocenters. The van der Waals surface area contributed by atoms with E-state index < -0.39 is 5.91 Å². The van der Waals surface area contributed by atoms with Crippen LogP contribution in [-0.2, 0) is 0 Å². The van der Waals surface area contributed by atoms with Gasteiger partial charge in [-0.3, -0.25) is 9.59 Å². The highest BCUT2D eigenvalue weighted by Crippen LogP contribution is 2.33. The molecule has 0 fully saturated rings. The number of fused-ring (bicyclic) bond motifs is 1. The lowest BCUT2D eigenvalue weighted by atomic mass is 10.0. The number of pyridine rings is 1. The number of rotatable bonds is 3. The van der Waals surface area contributed by atoms with E-state index in [1.54, 1.807) is 55.0 Å². The maximum Gasteiger partial charge on any atom is 0.259 e. The van der Waals surface area contributed by atoms with Gasteiger partial charge in [0.05, 0.1) is 16.8 Å². The number of amides is 1. The lowest BCUT2D eigenvalue weighted by molar-refractivity contribution is 0.102. The first-order chi connectivity index (χ1) is 17.9. The Morgan fingerprint density at radius 3 is 2.05 bits per heavy atom. The number of nitrogens with zero attached hydrogens (tertiary/aromatic N) is 3. The molecule has 0 aliphatic heterocycles. The van der Waals surface area contributed by atoms with Crippen LogP contribution in [-0.4, -0.2) is 32.3 Å². The summed E-state index contributed by atoms with van der Waals surface area (Å²) < 4.78 is 0. The Hall–Kier alpha value is -5.51. The fourth-order valence-electron chi connectivity index (χ4n) is 3.10. The number of carbonyl (C=O) groups is 2. The second-order valence-corrected chi connectivity index (χ2v) is 7.43. The minimum atomic E-state index is -0.392. The van der Waals surface area contributed by atoms with Gasteiger partial charge in [0.15, 0.2) is 12.0 Å². The second kappa shape index (κ2) is 12.8. The maximum atomic E-state index is 12.3. The van der Waals surface area contributed by atoms with E-state index >= 15 is 0 Å². The average molecular weight is 496 g/mol. The summed E-state index contributed by atoms with van der Waals surface area (Å²) in [5, 5.41) is 14.4. The number of carbonyl (C=O) groups excluding carboxylic acids is 2. The van der Waals surface area contributed by atoms with Crippen LogP contribution in [0, 0.1) is 0 Å². The van der Waals surface area contributed by atoms with E-state index in [9.17, 15) is 14.7 Å². The molecule has 10 heteroatoms. The second-order valence-electron chi connectivity index (χ2n) is 7.43. The minimum Gasteiger partial charge on any atom is -0.505 e. The number of hydrogen-bond donors (Lipinski definition) is 5. The molecule has 3 aromatic carbocycles. The van der Waals surface area contributed by atoms with Crippen molar-refractivity contribution in [1.29, 1.82) is 0 Å². The largest absolute Gasteiger partial charge is 0.505 e. The topological polar surface area (TPSA) is 183 Å². The number of phenolic OH excluding ortho intramolecular Hbond substituents is 1. The number of nitrogens with two attached hydrogens (primary N) is 3. The van der Waals surface area contributed by atoms with E-state index in [-0.39, 0.29) is 22.8 Å². The van der Waals surface area contributed by atoms with Gasteiger partial charge in [0, 0.05) is 29.7 Å². The zero-order valence-corrected chi connectivity index (χ0v) is 19.7. The van der Waals surface area contributed by atoms with Crippen molar-refractivity contribution in [2.75, 3.05) is 22.5 Å². The van der Waals surface area contributed by atoms with E-state index in [4.69, 9.17) is 17.2 Å². The summed E-state index contributed by atoms with van der Waals surface area (Å²) in [6.07, 6.45) is 5.43. The number of benzene rings is 3. The Morgan fingerprint density at radius 2 is 1.46 bits per heavy atom. The predicted octanol–water partition coefficient (Wildman–Crippen LogP) is 3.92. The molecule has 2 aromatic heterocycles. The Kier molecular flexibility index (Phi) is 9.04. The number of phenols is 1. The zero-order valence-electron chi connectivity index (χ0n) is 19.7. The fourth-order valence-corrected chi connectivity index (χ4v) is 3.10. The number of para-hydroxylation sites is 1. The monoisotopic (exact) mass is 495 g/mol. The lowest BCUT2D eigenvalue weighted by Gasteiger charge is -2.11. The van der Waals surface area contributed by atoms with E-state index in [1.807, 2.05) is 42.5 Å². The summed E-state index contributed by atoms with van der Waals surface area (Å²) in [6.45, 7) is 0. The molecule has 37 heavy (non-hydrogen) atoms. The van der Waals surface area contributed by atoms with Crippen LogP contribution in [0.1, 0.15) is 20.7 Å². The molecule has 0 saturated carbocycles. The van der Waals surface area contributed by atoms with Gasteiger partial charge in [0.2, 0.25) is 5.95 Å². The maximum absolute atomic E-state index is 12.3. The van der Waals surface area contributed by atoms with Crippen LogP contribution in [0.5, 0.6) is 5.75 Å². The molecular weight excluding hydrogens is 470 g/mol. The number of aromatic hydroxyl groups is 1. The average Bonchev–Trinajstić information content (AvgIpc) is 2.93. The Labute approximate surface area is 212 Å². The standard InChI is InChI=1S/C17H14N2O2.C6H6N2O.C4H5N3/c18-15-13-9-5-4-6-11(13)10-14(16(15)20)17(21)19-12-7-2-1-3-8-12;7-6-5(4-9)2-1-3-8-6;5-4-6-2-1-3-7-4/h1-10,20H,18H2,(H,19,21);1-4H,(H2,7,8);1-3H,(H2,5,6,7). The van der Waals surface area contributed by atoms with Gasteiger partial charge in [-0.15, -0.1) is 0 Å². The number of aldehydes is 1. The van der Waals surface area contributed by atoms with Gasteiger partial charge >= 0.3 is 0 Å². The van der Waals surface area contributed by atoms with Crippen LogP contribution in [0.3, 0.4) is 0 Å². The summed E-state index contributed by atoms with van der Waals surface area (Å²) in [5.41, 5.74) is 17.8. The summed E-state index contributed by atoms with van der Waals surface area (Å²) in [4.78, 5) is 33.4. The van der Waals surface area contributed by atoms with Gasteiger partial charge < -0.3 is 27.6 Å². The van der Waals surface area contributed by atoms with Crippen LogP contribution in [0.4, 0.5) is 23.1 Å². The van der Waals surface area contributed by atoms with Gasteiger partial charge in [0.1, 0.15) is 5.82 Å². The molecule has 0 radical (unpaired) electrons. The van der Waals surface area contributed by atoms with Gasteiger partial charge in [-0.1, -0.05) is 42.5 Å². The van der Waals surface area contributed by atoms with Crippen LogP contribution >= 0.6 is 0 Å². The van der Waals surface area contributed by atoms with Crippen molar-refractivity contribution >= 4 is 46.1 Å². The molecule has 10 nitrogen and oxygen atoms in total. The van der Waals surface area contributed by atoms with Crippen LogP contribution < -0.4 is 22.5 Å².